The Bertz CT molecular complexity index is 753. The van der Waals surface area contributed by atoms with E-state index in [0.717, 1.165) is 10.1 Å². The van der Waals surface area contributed by atoms with E-state index in [1.807, 2.05) is 6.92 Å². The van der Waals surface area contributed by atoms with Crippen LogP contribution in [0.15, 0.2) is 24.3 Å². The van der Waals surface area contributed by atoms with E-state index in [-0.39, 0.29) is 5.91 Å². The Morgan fingerprint density at radius 3 is 2.33 bits per heavy atom. The van der Waals surface area contributed by atoms with Crippen LogP contribution < -0.4 is 4.90 Å². The summed E-state index contributed by atoms with van der Waals surface area (Å²) in [5.41, 5.74) is 0.678. The van der Waals surface area contributed by atoms with Crippen molar-refractivity contribution in [2.45, 2.75) is 6.92 Å². The highest BCUT2D eigenvalue weighted by Crippen LogP contribution is 2.22. The Morgan fingerprint density at radius 1 is 1.08 bits per heavy atom. The molecule has 0 radical (unpaired) electrons. The second-order valence-electron chi connectivity index (χ2n) is 5.42. The minimum Gasteiger partial charge on any atom is -0.465 e. The van der Waals surface area contributed by atoms with Gasteiger partial charge in [0, 0.05) is 26.2 Å². The summed E-state index contributed by atoms with van der Waals surface area (Å²) < 4.78 is 4.76. The van der Waals surface area contributed by atoms with Gasteiger partial charge in [0.05, 0.1) is 18.2 Å². The molecule has 3 rings (SSSR count). The first-order valence-corrected chi connectivity index (χ1v) is 8.43. The topological polar surface area (TPSA) is 75.6 Å². The molecule has 2 aromatic rings. The number of ether oxygens (including phenoxy) is 1. The maximum atomic E-state index is 12.8. The van der Waals surface area contributed by atoms with E-state index in [1.54, 1.807) is 40.5 Å². The molecule has 1 fully saturated rings. The number of methoxy groups -OCH3 is 1. The number of esters is 1. The van der Waals surface area contributed by atoms with Crippen LogP contribution in [0.3, 0.4) is 0 Å². The molecule has 7 nitrogen and oxygen atoms in total. The van der Waals surface area contributed by atoms with Crippen molar-refractivity contribution < 1.29 is 14.3 Å². The molecule has 2 heterocycles. The fourth-order valence-electron chi connectivity index (χ4n) is 2.64. The van der Waals surface area contributed by atoms with Crippen molar-refractivity contribution in [3.05, 3.63) is 40.4 Å². The molecule has 1 aliphatic heterocycles. The van der Waals surface area contributed by atoms with Gasteiger partial charge >= 0.3 is 5.97 Å². The Hall–Kier alpha value is -2.48. The summed E-state index contributed by atoms with van der Waals surface area (Å²) in [5, 5.41) is 9.98. The normalized spacial score (nSPS) is 14.6. The van der Waals surface area contributed by atoms with Gasteiger partial charge in [0.1, 0.15) is 5.01 Å². The lowest BCUT2D eigenvalue weighted by Crippen LogP contribution is -2.49. The second-order valence-corrected chi connectivity index (χ2v) is 6.58. The maximum Gasteiger partial charge on any atom is 0.338 e. The number of aryl methyl sites for hydroxylation is 1. The van der Waals surface area contributed by atoms with Gasteiger partial charge < -0.3 is 14.5 Å². The first-order valence-electron chi connectivity index (χ1n) is 7.62. The van der Waals surface area contributed by atoms with E-state index in [0.29, 0.717) is 37.3 Å². The molecule has 126 valence electrons. The lowest BCUT2D eigenvalue weighted by molar-refractivity contribution is 0.0589. The van der Waals surface area contributed by atoms with Crippen LogP contribution in [0.1, 0.15) is 25.7 Å². The van der Waals surface area contributed by atoms with E-state index >= 15 is 0 Å². The van der Waals surface area contributed by atoms with Crippen molar-refractivity contribution in [1.82, 2.24) is 15.1 Å². The highest BCUT2D eigenvalue weighted by atomic mass is 32.1. The molecule has 0 atom stereocenters. The summed E-state index contributed by atoms with van der Waals surface area (Å²) in [6, 6.07) is 6.74. The fraction of sp³-hybridized carbons (Fsp3) is 0.375. The predicted octanol–water partition coefficient (Wildman–Crippen LogP) is 1.60. The molecule has 1 saturated heterocycles. The first kappa shape index (κ1) is 16.4. The van der Waals surface area contributed by atoms with E-state index in [9.17, 15) is 9.59 Å². The van der Waals surface area contributed by atoms with Crippen molar-refractivity contribution in [3.8, 4) is 0 Å². The highest BCUT2D eigenvalue weighted by molar-refractivity contribution is 7.15. The molecular weight excluding hydrogens is 328 g/mol. The smallest absolute Gasteiger partial charge is 0.338 e. The van der Waals surface area contributed by atoms with Crippen molar-refractivity contribution in [2.24, 2.45) is 0 Å². The lowest BCUT2D eigenvalue weighted by Gasteiger charge is -2.34. The molecule has 24 heavy (non-hydrogen) atoms. The lowest BCUT2D eigenvalue weighted by atomic mass is 10.1. The van der Waals surface area contributed by atoms with Crippen molar-refractivity contribution in [3.63, 3.8) is 0 Å². The summed E-state index contributed by atoms with van der Waals surface area (Å²) in [6.07, 6.45) is 0. The van der Waals surface area contributed by atoms with E-state index < -0.39 is 5.97 Å². The molecule has 0 bridgehead atoms. The number of carbonyl (C=O) groups excluding carboxylic acids is 2. The number of nitrogens with zero attached hydrogens (tertiary/aromatic N) is 4. The third-order valence-corrected chi connectivity index (χ3v) is 4.82. The monoisotopic (exact) mass is 346 g/mol. The first-order chi connectivity index (χ1) is 11.6. The summed E-state index contributed by atoms with van der Waals surface area (Å²) in [5.74, 6) is -0.647. The van der Waals surface area contributed by atoms with Crippen LogP contribution >= 0.6 is 11.3 Å². The standard InChI is InChI=1S/C16H18N4O3S/c1-11-17-18-16(24-11)20-9-7-19(8-10-20)14(21)12-5-3-4-6-13(12)15(22)23-2/h3-6H,7-10H2,1-2H3. The molecule has 0 unspecified atom stereocenters. The Kier molecular flexibility index (Phi) is 4.75. The van der Waals surface area contributed by atoms with Gasteiger partial charge in [0.15, 0.2) is 0 Å². The van der Waals surface area contributed by atoms with Gasteiger partial charge in [0.2, 0.25) is 5.13 Å². The number of hydrogen-bond acceptors (Lipinski definition) is 7. The number of piperazine rings is 1. The van der Waals surface area contributed by atoms with E-state index in [1.165, 1.54) is 7.11 Å². The molecule has 1 aliphatic rings. The van der Waals surface area contributed by atoms with Crippen LogP contribution in [0.2, 0.25) is 0 Å². The van der Waals surface area contributed by atoms with Gasteiger partial charge in [0.25, 0.3) is 5.91 Å². The van der Waals surface area contributed by atoms with Gasteiger partial charge in [-0.25, -0.2) is 4.79 Å². The van der Waals surface area contributed by atoms with E-state index in [4.69, 9.17) is 4.74 Å². The molecular formula is C16H18N4O3S. The van der Waals surface area contributed by atoms with Crippen molar-refractivity contribution in [1.29, 1.82) is 0 Å². The second kappa shape index (κ2) is 6.96. The van der Waals surface area contributed by atoms with Gasteiger partial charge in [-0.05, 0) is 19.1 Å². The molecule has 1 aromatic heterocycles. The van der Waals surface area contributed by atoms with Crippen LogP contribution in [-0.4, -0.2) is 60.3 Å². The van der Waals surface area contributed by atoms with E-state index in [2.05, 4.69) is 15.1 Å². The summed E-state index contributed by atoms with van der Waals surface area (Å²) >= 11 is 1.55. The summed E-state index contributed by atoms with van der Waals surface area (Å²) in [6.45, 7) is 4.46. The fourth-order valence-corrected chi connectivity index (χ4v) is 3.38. The molecule has 1 aromatic carbocycles. The van der Waals surface area contributed by atoms with Crippen LogP contribution in [-0.2, 0) is 4.74 Å². The Morgan fingerprint density at radius 2 is 1.75 bits per heavy atom. The molecule has 8 heteroatoms. The average Bonchev–Trinajstić information content (AvgIpc) is 3.07. The van der Waals surface area contributed by atoms with Gasteiger partial charge in [-0.15, -0.1) is 10.2 Å². The van der Waals surface area contributed by atoms with Crippen molar-refractivity contribution >= 4 is 28.3 Å². The summed E-state index contributed by atoms with van der Waals surface area (Å²) in [7, 11) is 1.31. The number of amides is 1. The van der Waals surface area contributed by atoms with Gasteiger partial charge in [-0.3, -0.25) is 4.79 Å². The molecule has 0 saturated carbocycles. The van der Waals surface area contributed by atoms with Gasteiger partial charge in [-0.2, -0.15) is 0 Å². The zero-order valence-electron chi connectivity index (χ0n) is 13.6. The third-order valence-electron chi connectivity index (χ3n) is 3.92. The number of anilines is 1. The predicted molar refractivity (Wildman–Crippen MR) is 90.5 cm³/mol. The van der Waals surface area contributed by atoms with Crippen molar-refractivity contribution in [2.75, 3.05) is 38.2 Å². The van der Waals surface area contributed by atoms with Gasteiger partial charge in [-0.1, -0.05) is 23.5 Å². The average molecular weight is 346 g/mol. The quantitative estimate of drug-likeness (QED) is 0.786. The highest BCUT2D eigenvalue weighted by Gasteiger charge is 2.26. The van der Waals surface area contributed by atoms with Crippen LogP contribution in [0.4, 0.5) is 5.13 Å². The van der Waals surface area contributed by atoms with Crippen LogP contribution in [0, 0.1) is 6.92 Å². The van der Waals surface area contributed by atoms with Crippen LogP contribution in [0.5, 0.6) is 0 Å². The zero-order chi connectivity index (χ0) is 17.1. The molecule has 0 aliphatic carbocycles. The number of carbonyl (C=O) groups is 2. The third kappa shape index (κ3) is 3.23. The number of benzene rings is 1. The number of hydrogen-bond donors (Lipinski definition) is 0. The molecule has 0 spiro atoms. The molecule has 0 N–H and O–H groups in total. The molecule has 1 amide bonds. The minimum absolute atomic E-state index is 0.149. The maximum absolute atomic E-state index is 12.8. The zero-order valence-corrected chi connectivity index (χ0v) is 14.4. The largest absolute Gasteiger partial charge is 0.465 e. The van der Waals surface area contributed by atoms with Crippen LogP contribution in [0.25, 0.3) is 0 Å². The number of aromatic nitrogens is 2. The SMILES string of the molecule is COC(=O)c1ccccc1C(=O)N1CCN(c2nnc(C)s2)CC1. The number of rotatable bonds is 3. The Labute approximate surface area is 143 Å². The Balaban J connectivity index is 1.71. The minimum atomic E-state index is -0.498. The summed E-state index contributed by atoms with van der Waals surface area (Å²) in [4.78, 5) is 28.5.